The zero-order valence-electron chi connectivity index (χ0n) is 26.0. The predicted molar refractivity (Wildman–Crippen MR) is 168 cm³/mol. The monoisotopic (exact) mass is 617 g/mol. The number of allylic oxidation sites excluding steroid dienone is 2. The van der Waals surface area contributed by atoms with Gasteiger partial charge in [0.2, 0.25) is 11.8 Å². The fourth-order valence-corrected chi connectivity index (χ4v) is 6.46. The van der Waals surface area contributed by atoms with Gasteiger partial charge in [0, 0.05) is 18.9 Å². The van der Waals surface area contributed by atoms with E-state index in [2.05, 4.69) is 22.8 Å². The van der Waals surface area contributed by atoms with Crippen LogP contribution < -0.4 is 10.6 Å². The number of aliphatic hydroxyl groups excluding tert-OH is 1. The van der Waals surface area contributed by atoms with Crippen LogP contribution in [0.2, 0.25) is 0 Å². The molecule has 2 aromatic carbocycles. The molecule has 3 atom stereocenters. The van der Waals surface area contributed by atoms with Gasteiger partial charge in [0.25, 0.3) is 0 Å². The molecule has 3 aliphatic rings. The van der Waals surface area contributed by atoms with Crippen molar-refractivity contribution < 1.29 is 33.8 Å². The second-order valence-corrected chi connectivity index (χ2v) is 12.8. The molecule has 1 aliphatic carbocycles. The van der Waals surface area contributed by atoms with Gasteiger partial charge in [0.05, 0.1) is 24.1 Å². The standard InChI is InChI=1S/C35H43N3O7/c1-35(2)22-45-33(42)30(17-5-3-4-11-23(32(41)37-35)19-31(40)38-18-10-12-24(38)20-39)36-34(43)44-21-29-27-15-8-6-13-25(27)26-14-7-9-16-28(26)29/h3-4,6-9,13-16,23-24,29-30,39H,5,10-12,17-22H2,1-2H3,(H,36,43)(H,37,41)/t23-,24+,30+/m1/s1. The second kappa shape index (κ2) is 14.3. The average Bonchev–Trinajstić information content (AvgIpc) is 3.63. The van der Waals surface area contributed by atoms with Crippen molar-refractivity contribution in [3.05, 3.63) is 71.8 Å². The summed E-state index contributed by atoms with van der Waals surface area (Å²) in [5.74, 6) is -1.79. The molecule has 0 bridgehead atoms. The summed E-state index contributed by atoms with van der Waals surface area (Å²) in [7, 11) is 0. The Bertz CT molecular complexity index is 1390. The molecule has 240 valence electrons. The normalized spacial score (nSPS) is 23.4. The number of rotatable bonds is 6. The molecule has 5 rings (SSSR count). The van der Waals surface area contributed by atoms with Gasteiger partial charge in [0.15, 0.2) is 0 Å². The molecule has 3 amide bonds. The number of amides is 3. The van der Waals surface area contributed by atoms with Crippen LogP contribution in [0.15, 0.2) is 60.7 Å². The predicted octanol–water partition coefficient (Wildman–Crippen LogP) is 4.06. The van der Waals surface area contributed by atoms with Crippen molar-refractivity contribution in [1.29, 1.82) is 0 Å². The topological polar surface area (TPSA) is 134 Å². The lowest BCUT2D eigenvalue weighted by atomic mass is 9.96. The average molecular weight is 618 g/mol. The van der Waals surface area contributed by atoms with Crippen LogP contribution in [-0.2, 0) is 23.9 Å². The van der Waals surface area contributed by atoms with Crippen LogP contribution in [0, 0.1) is 5.92 Å². The van der Waals surface area contributed by atoms with E-state index in [1.54, 1.807) is 18.7 Å². The van der Waals surface area contributed by atoms with Crippen LogP contribution in [0.4, 0.5) is 4.79 Å². The van der Waals surface area contributed by atoms with E-state index in [1.165, 1.54) is 0 Å². The molecule has 0 spiro atoms. The third kappa shape index (κ3) is 7.73. The molecular weight excluding hydrogens is 574 g/mol. The summed E-state index contributed by atoms with van der Waals surface area (Å²) >= 11 is 0. The van der Waals surface area contributed by atoms with Crippen molar-refractivity contribution in [2.75, 3.05) is 26.4 Å². The summed E-state index contributed by atoms with van der Waals surface area (Å²) < 4.78 is 11.2. The number of carbonyl (C=O) groups is 4. The Labute approximate surface area is 264 Å². The lowest BCUT2D eigenvalue weighted by Crippen LogP contribution is -2.51. The maximum atomic E-state index is 13.3. The zero-order chi connectivity index (χ0) is 32.0. The number of aliphatic hydroxyl groups is 1. The third-order valence-electron chi connectivity index (χ3n) is 8.87. The quantitative estimate of drug-likeness (QED) is 0.329. The number of nitrogens with zero attached hydrogens (tertiary/aromatic N) is 1. The maximum absolute atomic E-state index is 13.3. The fraction of sp³-hybridized carbons (Fsp3) is 0.486. The first-order chi connectivity index (χ1) is 21.7. The lowest BCUT2D eigenvalue weighted by Gasteiger charge is -2.30. The van der Waals surface area contributed by atoms with Crippen molar-refractivity contribution in [3.63, 3.8) is 0 Å². The van der Waals surface area contributed by atoms with E-state index in [-0.39, 0.29) is 56.4 Å². The number of ether oxygens (including phenoxy) is 2. The highest BCUT2D eigenvalue weighted by Crippen LogP contribution is 2.44. The van der Waals surface area contributed by atoms with Crippen LogP contribution >= 0.6 is 0 Å². The third-order valence-corrected chi connectivity index (χ3v) is 8.87. The van der Waals surface area contributed by atoms with E-state index in [9.17, 15) is 24.3 Å². The smallest absolute Gasteiger partial charge is 0.407 e. The van der Waals surface area contributed by atoms with Gasteiger partial charge in [-0.2, -0.15) is 0 Å². The molecule has 2 aliphatic heterocycles. The van der Waals surface area contributed by atoms with E-state index in [0.29, 0.717) is 19.4 Å². The van der Waals surface area contributed by atoms with Crippen molar-refractivity contribution in [1.82, 2.24) is 15.5 Å². The molecule has 1 saturated heterocycles. The van der Waals surface area contributed by atoms with E-state index < -0.39 is 29.6 Å². The number of nitrogens with one attached hydrogen (secondary N) is 2. The molecule has 10 heteroatoms. The number of likely N-dealkylation sites (tertiary alicyclic amines) is 1. The Balaban J connectivity index is 1.21. The van der Waals surface area contributed by atoms with Gasteiger partial charge in [-0.25, -0.2) is 9.59 Å². The number of alkyl carbamates (subject to hydrolysis) is 1. The zero-order valence-corrected chi connectivity index (χ0v) is 26.0. The summed E-state index contributed by atoms with van der Waals surface area (Å²) in [5, 5.41) is 15.3. The van der Waals surface area contributed by atoms with Gasteiger partial charge < -0.3 is 30.1 Å². The van der Waals surface area contributed by atoms with E-state index in [4.69, 9.17) is 9.47 Å². The molecule has 2 aromatic rings. The summed E-state index contributed by atoms with van der Waals surface area (Å²) in [6, 6.07) is 15.0. The Kier molecular flexibility index (Phi) is 10.2. The van der Waals surface area contributed by atoms with Gasteiger partial charge in [-0.3, -0.25) is 9.59 Å². The Morgan fingerprint density at radius 2 is 1.73 bits per heavy atom. The summed E-state index contributed by atoms with van der Waals surface area (Å²) in [5.41, 5.74) is 3.52. The van der Waals surface area contributed by atoms with Gasteiger partial charge in [-0.1, -0.05) is 60.7 Å². The summed E-state index contributed by atoms with van der Waals surface area (Å²) in [6.45, 7) is 3.97. The van der Waals surface area contributed by atoms with Crippen molar-refractivity contribution in [2.24, 2.45) is 5.92 Å². The molecular formula is C35H43N3O7. The first-order valence-corrected chi connectivity index (χ1v) is 15.8. The van der Waals surface area contributed by atoms with Crippen molar-refractivity contribution >= 4 is 23.9 Å². The highest BCUT2D eigenvalue weighted by Gasteiger charge is 2.34. The van der Waals surface area contributed by atoms with Crippen molar-refractivity contribution in [2.45, 2.75) is 75.9 Å². The molecule has 0 unspecified atom stereocenters. The highest BCUT2D eigenvalue weighted by atomic mass is 16.6. The number of fused-ring (bicyclic) bond motifs is 3. The number of hydrogen-bond donors (Lipinski definition) is 3. The largest absolute Gasteiger partial charge is 0.462 e. The number of benzene rings is 2. The summed E-state index contributed by atoms with van der Waals surface area (Å²) in [6.07, 6.45) is 5.64. The van der Waals surface area contributed by atoms with Crippen LogP contribution in [0.25, 0.3) is 11.1 Å². The van der Waals surface area contributed by atoms with E-state index >= 15 is 0 Å². The van der Waals surface area contributed by atoms with Gasteiger partial charge >= 0.3 is 12.1 Å². The van der Waals surface area contributed by atoms with E-state index in [1.807, 2.05) is 48.6 Å². The van der Waals surface area contributed by atoms with Crippen molar-refractivity contribution in [3.8, 4) is 11.1 Å². The van der Waals surface area contributed by atoms with Crippen LogP contribution in [0.1, 0.15) is 69.4 Å². The number of hydrogen-bond acceptors (Lipinski definition) is 7. The molecule has 2 heterocycles. The maximum Gasteiger partial charge on any atom is 0.407 e. The molecule has 0 saturated carbocycles. The van der Waals surface area contributed by atoms with Crippen LogP contribution in [-0.4, -0.2) is 77.9 Å². The Hall–Kier alpha value is -4.18. The Morgan fingerprint density at radius 1 is 1.04 bits per heavy atom. The molecule has 1 fully saturated rings. The van der Waals surface area contributed by atoms with E-state index in [0.717, 1.165) is 35.1 Å². The number of cyclic esters (lactones) is 1. The molecule has 3 N–H and O–H groups in total. The lowest BCUT2D eigenvalue weighted by molar-refractivity contribution is -0.149. The van der Waals surface area contributed by atoms with Gasteiger partial charge in [-0.15, -0.1) is 0 Å². The molecule has 0 aromatic heterocycles. The summed E-state index contributed by atoms with van der Waals surface area (Å²) in [4.78, 5) is 54.1. The van der Waals surface area contributed by atoms with Crippen LogP contribution in [0.3, 0.4) is 0 Å². The first kappa shape index (κ1) is 32.2. The second-order valence-electron chi connectivity index (χ2n) is 12.8. The Morgan fingerprint density at radius 3 is 2.42 bits per heavy atom. The minimum Gasteiger partial charge on any atom is -0.462 e. The molecule has 45 heavy (non-hydrogen) atoms. The molecule has 10 nitrogen and oxygen atoms in total. The number of esters is 1. The SMILES string of the molecule is CC1(C)COC(=O)[C@@H](NC(=O)OCC2c3ccccc3-c3ccccc32)CCC=CC[C@H](CC(=O)N2CCC[C@H]2CO)C(=O)N1. The first-order valence-electron chi connectivity index (χ1n) is 15.8. The fourth-order valence-electron chi connectivity index (χ4n) is 6.46. The van der Waals surface area contributed by atoms with Gasteiger partial charge in [0.1, 0.15) is 19.3 Å². The molecule has 0 radical (unpaired) electrons. The minimum atomic E-state index is -0.944. The van der Waals surface area contributed by atoms with Gasteiger partial charge in [-0.05, 0) is 68.2 Å². The van der Waals surface area contributed by atoms with Crippen LogP contribution in [0.5, 0.6) is 0 Å². The minimum absolute atomic E-state index is 0.0223. The highest BCUT2D eigenvalue weighted by molar-refractivity contribution is 5.87. The number of carbonyl (C=O) groups excluding carboxylic acids is 4.